The maximum absolute atomic E-state index is 14.1. The molecule has 6 aromatic heterocycles. The highest BCUT2D eigenvalue weighted by Gasteiger charge is 2.28. The molecule has 0 atom stereocenters. The van der Waals surface area contributed by atoms with E-state index in [-0.39, 0.29) is 41.1 Å². The van der Waals surface area contributed by atoms with Gasteiger partial charge >= 0.3 is 23.9 Å². The first-order chi connectivity index (χ1) is 59.5. The second kappa shape index (κ2) is 48.0. The summed E-state index contributed by atoms with van der Waals surface area (Å²) in [5.41, 5.74) is 10.5. The molecule has 4 N–H and O–H groups in total. The number of H-pyrrole nitrogens is 1. The predicted molar refractivity (Wildman–Crippen MR) is 471 cm³/mol. The van der Waals surface area contributed by atoms with Crippen molar-refractivity contribution in [2.24, 2.45) is 35.2 Å². The summed E-state index contributed by atoms with van der Waals surface area (Å²) >= 11 is 0. The number of aromatic carboxylic acids is 1. The number of carbonyl (C=O) groups is 9. The van der Waals surface area contributed by atoms with E-state index in [2.05, 4.69) is 132 Å². The first-order valence-electron chi connectivity index (χ1n) is 40.4. The van der Waals surface area contributed by atoms with Crippen LogP contribution < -0.4 is 35.1 Å². The molecule has 2 amide bonds. The van der Waals surface area contributed by atoms with Crippen molar-refractivity contribution in [3.05, 3.63) is 293 Å². The summed E-state index contributed by atoms with van der Waals surface area (Å²) in [6, 6.07) is 58.5. The van der Waals surface area contributed by atoms with Crippen LogP contribution in [0.2, 0.25) is 0 Å². The number of nitrogens with zero attached hydrogens (tertiary/aromatic N) is 13. The lowest BCUT2D eigenvalue weighted by atomic mass is 10.2. The van der Waals surface area contributed by atoms with Gasteiger partial charge in [-0.05, 0) is 115 Å². The summed E-state index contributed by atoms with van der Waals surface area (Å²) in [5.74, 6) is -2.29. The van der Waals surface area contributed by atoms with Gasteiger partial charge in [-0.25, -0.2) is 28.0 Å². The molecule has 5 aliphatic rings. The Labute approximate surface area is 715 Å². The van der Waals surface area contributed by atoms with Gasteiger partial charge in [-0.2, -0.15) is 0 Å². The zero-order valence-electron chi connectivity index (χ0n) is 70.9. The molecule has 0 aliphatic carbocycles. The number of aryl methyl sites for hydroxylation is 5. The molecule has 29 nitrogen and oxygen atoms in total. The van der Waals surface area contributed by atoms with Crippen LogP contribution in [0.3, 0.4) is 0 Å². The zero-order chi connectivity index (χ0) is 88.2. The monoisotopic (exact) mass is 1680 g/mol. The van der Waals surface area contributed by atoms with Crippen LogP contribution in [0, 0.1) is 11.6 Å². The molecule has 0 bridgehead atoms. The number of amides is 2. The maximum atomic E-state index is 14.1. The minimum atomic E-state index is -1.03. The van der Waals surface area contributed by atoms with Gasteiger partial charge in [-0.3, -0.25) is 28.9 Å². The topological polar surface area (TPSA) is 292 Å². The van der Waals surface area contributed by atoms with Crippen LogP contribution in [-0.4, -0.2) is 254 Å². The molecule has 650 valence electrons. The van der Waals surface area contributed by atoms with Gasteiger partial charge in [0.15, 0.2) is 18.9 Å². The second-order valence-corrected chi connectivity index (χ2v) is 29.1. The number of aldehydes is 3. The van der Waals surface area contributed by atoms with Crippen molar-refractivity contribution in [2.75, 3.05) is 177 Å². The van der Waals surface area contributed by atoms with Crippen molar-refractivity contribution < 1.29 is 71.2 Å². The van der Waals surface area contributed by atoms with Gasteiger partial charge in [0.1, 0.15) is 45.8 Å². The first-order valence-corrected chi connectivity index (χ1v) is 40.4. The average Bonchev–Trinajstić information content (AvgIpc) is 1.55. The molecule has 123 heavy (non-hydrogen) atoms. The quantitative estimate of drug-likeness (QED) is 0.0397. The minimum Gasteiger partial charge on any atom is -0.477 e. The highest BCUT2D eigenvalue weighted by molar-refractivity contribution is 5.96. The number of carbonyl (C=O) groups excluding carboxylic acids is 8. The number of aromatic nitrogens is 6. The Morgan fingerprint density at radius 1 is 0.374 bits per heavy atom. The normalized spacial score (nSPS) is 14.2. The molecular weight excluding hydrogens is 1580 g/mol. The summed E-state index contributed by atoms with van der Waals surface area (Å²) in [6.07, 6.45) is 12.3. The molecular formula is C92H110F2N16O13. The van der Waals surface area contributed by atoms with E-state index in [1.54, 1.807) is 109 Å². The van der Waals surface area contributed by atoms with Gasteiger partial charge in [0, 0.05) is 244 Å². The molecule has 11 heterocycles. The second-order valence-electron chi connectivity index (χ2n) is 29.1. The van der Waals surface area contributed by atoms with Crippen molar-refractivity contribution in [1.29, 1.82) is 0 Å². The molecule has 0 saturated carbocycles. The number of rotatable bonds is 16. The van der Waals surface area contributed by atoms with E-state index in [4.69, 9.17) is 5.11 Å². The summed E-state index contributed by atoms with van der Waals surface area (Å²) < 4.78 is 49.2. The highest BCUT2D eigenvalue weighted by Crippen LogP contribution is 2.25. The lowest BCUT2D eigenvalue weighted by Crippen LogP contribution is -2.49. The number of hydrogen-bond acceptors (Lipinski definition) is 20. The number of esters is 3. The minimum absolute atomic E-state index is 0.0108. The highest BCUT2D eigenvalue weighted by atomic mass is 19.1. The lowest BCUT2D eigenvalue weighted by molar-refractivity contribution is 0.0581. The Morgan fingerprint density at radius 2 is 0.740 bits per heavy atom. The molecule has 16 rings (SSSR count). The Morgan fingerprint density at radius 3 is 1.13 bits per heavy atom. The van der Waals surface area contributed by atoms with Crippen LogP contribution in [0.5, 0.6) is 0 Å². The summed E-state index contributed by atoms with van der Waals surface area (Å²) in [5, 5.41) is 15.1. The largest absolute Gasteiger partial charge is 0.477 e. The molecule has 5 saturated heterocycles. The average molecular weight is 1690 g/mol. The number of nitrogens with one attached hydrogen (secondary N) is 3. The Kier molecular flexibility index (Phi) is 36.3. The number of aromatic amines is 1. The number of carboxylic acid groups (broad SMARTS) is 1. The standard InChI is InChI=1S/C27H32FN5O.C17H19N3O2.C10H13FN2.C10H14N2.C8H9NO3.C7H7NO3.C7H9NO2.C6H7NO2/c1-29-20-22(21-30-11-13-32(14-12-30)25-10-6-5-9-24(25)28)19-26(29)27(34)33-17-15-31(16-18-33)23-7-3-2-4-8-23;1-18-12-14(13-21)11-16(18)17(22)20-9-7-19(8-10-20)15-5-3-2-4-6-15;11-9-3-1-2-4-10(9)13-7-5-12-6-8-13;1-2-4-10(5-3-1)12-8-6-11-7-9-12;1-9-4-6(5-10)3-7(9)8(11)12-2;1-8-3-5(4-9)2-6(8)7(10)11;1-8-5-3-4-6(8)7(9)10-2;1-9-6(8)5-3-2-4-7-5/h2-10,19-20H,11-18,21H2,1H3;2-6,11-13H,7-10H2,1H3;1-4,12H,5-8H2;1-5,11H,6-9H2;3-5H,1-2H3;2-4H,1H3,(H,10,11);3-5H,1-2H3;2-4,7H,1H3. The number of hydrogen-bond donors (Lipinski definition) is 4. The van der Waals surface area contributed by atoms with E-state index in [1.165, 1.54) is 73.4 Å². The number of ether oxygens (including phenoxy) is 3. The Bertz CT molecular complexity index is 5150. The fraction of sp³-hybridized carbons (Fsp3) is 0.315. The predicted octanol–water partition coefficient (Wildman–Crippen LogP) is 10.4. The molecule has 11 aromatic rings. The number of para-hydroxylation sites is 5. The number of anilines is 5. The lowest BCUT2D eigenvalue weighted by Gasteiger charge is -2.36. The third kappa shape index (κ3) is 27.4. The first kappa shape index (κ1) is 93.2. The number of benzene rings is 5. The smallest absolute Gasteiger partial charge is 0.354 e. The van der Waals surface area contributed by atoms with E-state index in [0.717, 1.165) is 148 Å². The number of carboxylic acids is 1. The Balaban J connectivity index is 0.000000168. The fourth-order valence-electron chi connectivity index (χ4n) is 14.2. The third-order valence-corrected chi connectivity index (χ3v) is 20.8. The van der Waals surface area contributed by atoms with Crippen LogP contribution in [0.1, 0.15) is 99.6 Å². The third-order valence-electron chi connectivity index (χ3n) is 20.8. The molecule has 5 fully saturated rings. The van der Waals surface area contributed by atoms with Crippen LogP contribution >= 0.6 is 0 Å². The SMILES string of the molecule is COC(=O)c1cc(C=O)cn1C.COC(=O)c1ccc[nH]1.COC(=O)c1cccn1C.Cn1cc(C=O)cc1C(=O)N1CCN(c2ccccc2)CC1.Cn1cc(C=O)cc1C(=O)O.Cn1cc(CN2CCN(c3ccccc3F)CC2)cc1C(=O)N1CCN(c2ccccc2)CC1.Fc1ccccc1N1CCNCC1.c1ccc(N2CCNCC2)cc1. The molecule has 0 spiro atoms. The van der Waals surface area contributed by atoms with Crippen LogP contribution in [0.4, 0.5) is 37.2 Å². The van der Waals surface area contributed by atoms with Crippen molar-refractivity contribution in [1.82, 2.24) is 53.2 Å². The van der Waals surface area contributed by atoms with Gasteiger partial charge in [0.2, 0.25) is 0 Å². The van der Waals surface area contributed by atoms with E-state index >= 15 is 0 Å². The van der Waals surface area contributed by atoms with Gasteiger partial charge in [-0.15, -0.1) is 0 Å². The van der Waals surface area contributed by atoms with Crippen LogP contribution in [0.15, 0.2) is 225 Å². The van der Waals surface area contributed by atoms with E-state index in [0.29, 0.717) is 70.8 Å². The van der Waals surface area contributed by atoms with Gasteiger partial charge in [-0.1, -0.05) is 78.9 Å². The van der Waals surface area contributed by atoms with E-state index < -0.39 is 11.9 Å². The summed E-state index contributed by atoms with van der Waals surface area (Å²) in [7, 11) is 12.8. The summed E-state index contributed by atoms with van der Waals surface area (Å²) in [6.45, 7) is 18.4. The van der Waals surface area contributed by atoms with Gasteiger partial charge < -0.3 is 92.1 Å². The molecule has 0 radical (unpaired) electrons. The van der Waals surface area contributed by atoms with Gasteiger partial charge in [0.25, 0.3) is 11.8 Å². The van der Waals surface area contributed by atoms with Crippen LogP contribution in [0.25, 0.3) is 0 Å². The van der Waals surface area contributed by atoms with E-state index in [9.17, 15) is 51.9 Å². The summed E-state index contributed by atoms with van der Waals surface area (Å²) in [4.78, 5) is 120. The fourth-order valence-corrected chi connectivity index (χ4v) is 14.2. The van der Waals surface area contributed by atoms with Crippen molar-refractivity contribution in [3.8, 4) is 0 Å². The molecule has 31 heteroatoms. The number of halogens is 2. The molecule has 0 unspecified atom stereocenters. The number of methoxy groups -OCH3 is 3. The van der Waals surface area contributed by atoms with Crippen molar-refractivity contribution >= 4 is 83.0 Å². The van der Waals surface area contributed by atoms with Crippen molar-refractivity contribution in [3.63, 3.8) is 0 Å². The van der Waals surface area contributed by atoms with Crippen LogP contribution in [-0.2, 0) is 56.0 Å². The number of piperazine rings is 5. The Hall–Kier alpha value is -13.7. The molecule has 5 aliphatic heterocycles. The van der Waals surface area contributed by atoms with Crippen molar-refractivity contribution in [2.45, 2.75) is 6.54 Å². The van der Waals surface area contributed by atoms with E-state index in [1.807, 2.05) is 76.0 Å². The van der Waals surface area contributed by atoms with Gasteiger partial charge in [0.05, 0.1) is 32.7 Å². The zero-order valence-corrected chi connectivity index (χ0v) is 70.9. The molecule has 5 aromatic carbocycles. The maximum Gasteiger partial charge on any atom is 0.354 e.